The van der Waals surface area contributed by atoms with E-state index in [0.29, 0.717) is 0 Å². The molecule has 0 aliphatic rings. The summed E-state index contributed by atoms with van der Waals surface area (Å²) in [4.78, 5) is 46.9. The predicted molar refractivity (Wildman–Crippen MR) is 58.0 cm³/mol. The SMILES string of the molecule is CCN(CC)C(=O)C(OP(=O)(O)O)OP(=O)(O)O. The van der Waals surface area contributed by atoms with Gasteiger partial charge in [0.1, 0.15) is 0 Å². The first-order valence-corrected chi connectivity index (χ1v) is 7.83. The molecule has 4 N–H and O–H groups in total. The van der Waals surface area contributed by atoms with Gasteiger partial charge in [-0.3, -0.25) is 4.79 Å². The molecule has 0 saturated heterocycles. The quantitative estimate of drug-likeness (QED) is 0.356. The molecule has 0 aliphatic heterocycles. The van der Waals surface area contributed by atoms with E-state index >= 15 is 0 Å². The Morgan fingerprint density at radius 2 is 1.39 bits per heavy atom. The second kappa shape index (κ2) is 6.74. The zero-order valence-corrected chi connectivity index (χ0v) is 11.5. The van der Waals surface area contributed by atoms with E-state index in [0.717, 1.165) is 4.90 Å². The van der Waals surface area contributed by atoms with Crippen molar-refractivity contribution in [2.24, 2.45) is 0 Å². The van der Waals surface area contributed by atoms with E-state index in [2.05, 4.69) is 9.05 Å². The van der Waals surface area contributed by atoms with Crippen LogP contribution in [0.3, 0.4) is 0 Å². The smallest absolute Gasteiger partial charge is 0.339 e. The molecule has 0 bridgehead atoms. The summed E-state index contributed by atoms with van der Waals surface area (Å²) in [7, 11) is -10.3. The first-order valence-electron chi connectivity index (χ1n) is 4.76. The van der Waals surface area contributed by atoms with E-state index in [4.69, 9.17) is 19.6 Å². The van der Waals surface area contributed by atoms with E-state index < -0.39 is 27.8 Å². The standard InChI is InChI=1S/C6H15NO9P2/c1-3-7(4-2)5(8)6(15-17(9,10)11)16-18(12,13)14/h6H,3-4H2,1-2H3,(H2,9,10,11)(H2,12,13,14). The van der Waals surface area contributed by atoms with Crippen molar-refractivity contribution in [1.29, 1.82) is 0 Å². The van der Waals surface area contributed by atoms with Gasteiger partial charge >= 0.3 is 15.6 Å². The molecule has 10 nitrogen and oxygen atoms in total. The maximum absolute atomic E-state index is 11.7. The number of carbonyl (C=O) groups excluding carboxylic acids is 1. The highest BCUT2D eigenvalue weighted by molar-refractivity contribution is 7.47. The van der Waals surface area contributed by atoms with Crippen LogP contribution in [-0.4, -0.2) is 49.8 Å². The fraction of sp³-hybridized carbons (Fsp3) is 0.833. The van der Waals surface area contributed by atoms with Crippen molar-refractivity contribution in [3.05, 3.63) is 0 Å². The molecule has 0 rings (SSSR count). The Bertz CT molecular complexity index is 345. The molecule has 0 aromatic rings. The van der Waals surface area contributed by atoms with Crippen molar-refractivity contribution < 1.29 is 42.5 Å². The number of amides is 1. The van der Waals surface area contributed by atoms with Gasteiger partial charge in [0.25, 0.3) is 12.2 Å². The summed E-state index contributed by atoms with van der Waals surface area (Å²) in [6.07, 6.45) is -2.37. The van der Waals surface area contributed by atoms with Crippen molar-refractivity contribution in [2.45, 2.75) is 20.1 Å². The summed E-state index contributed by atoms with van der Waals surface area (Å²) in [5, 5.41) is 0. The first kappa shape index (κ1) is 17.7. The van der Waals surface area contributed by atoms with E-state index in [1.165, 1.54) is 0 Å². The third kappa shape index (κ3) is 7.20. The Balaban J connectivity index is 5.03. The lowest BCUT2D eigenvalue weighted by molar-refractivity contribution is -0.155. The van der Waals surface area contributed by atoms with Crippen LogP contribution in [0.25, 0.3) is 0 Å². The largest absolute Gasteiger partial charge is 0.472 e. The van der Waals surface area contributed by atoms with Crippen molar-refractivity contribution >= 4 is 21.6 Å². The molecule has 0 radical (unpaired) electrons. The first-order chi connectivity index (χ1) is 8.00. The highest BCUT2D eigenvalue weighted by Crippen LogP contribution is 2.44. The zero-order valence-electron chi connectivity index (χ0n) is 9.66. The van der Waals surface area contributed by atoms with Gasteiger partial charge in [-0.05, 0) is 13.8 Å². The number of hydrogen-bond donors (Lipinski definition) is 4. The molecular formula is C6H15NO9P2. The zero-order chi connectivity index (χ0) is 14.6. The Hall–Kier alpha value is -0.310. The Morgan fingerprint density at radius 3 is 1.61 bits per heavy atom. The molecule has 0 spiro atoms. The second-order valence-corrected chi connectivity index (χ2v) is 5.42. The van der Waals surface area contributed by atoms with Gasteiger partial charge in [-0.1, -0.05) is 0 Å². The molecule has 0 aromatic carbocycles. The average molecular weight is 307 g/mol. The van der Waals surface area contributed by atoms with Crippen molar-refractivity contribution in [3.8, 4) is 0 Å². The highest BCUT2D eigenvalue weighted by atomic mass is 31.2. The van der Waals surface area contributed by atoms with Crippen LogP contribution in [-0.2, 0) is 23.0 Å². The normalized spacial score (nSPS) is 12.8. The van der Waals surface area contributed by atoms with Gasteiger partial charge in [0.2, 0.25) is 0 Å². The van der Waals surface area contributed by atoms with Gasteiger partial charge in [-0.25, -0.2) is 18.2 Å². The lowest BCUT2D eigenvalue weighted by atomic mass is 10.4. The van der Waals surface area contributed by atoms with Crippen molar-refractivity contribution in [1.82, 2.24) is 4.90 Å². The van der Waals surface area contributed by atoms with Crippen LogP contribution in [0.15, 0.2) is 0 Å². The maximum Gasteiger partial charge on any atom is 0.472 e. The second-order valence-electron chi connectivity index (χ2n) is 3.03. The molecule has 0 aromatic heterocycles. The monoisotopic (exact) mass is 307 g/mol. The number of hydrogen-bond acceptors (Lipinski definition) is 5. The Morgan fingerprint density at radius 1 is 1.06 bits per heavy atom. The van der Waals surface area contributed by atoms with Crippen molar-refractivity contribution in [3.63, 3.8) is 0 Å². The number of rotatable bonds is 7. The van der Waals surface area contributed by atoms with Gasteiger partial charge in [0, 0.05) is 13.1 Å². The molecule has 108 valence electrons. The molecule has 0 fully saturated rings. The number of phosphoric ester groups is 2. The van der Waals surface area contributed by atoms with Gasteiger partial charge in [-0.15, -0.1) is 0 Å². The summed E-state index contributed by atoms with van der Waals surface area (Å²) in [5.41, 5.74) is 0. The Kier molecular flexibility index (Phi) is 6.62. The fourth-order valence-electron chi connectivity index (χ4n) is 1.04. The highest BCUT2D eigenvalue weighted by Gasteiger charge is 2.36. The fourth-order valence-corrected chi connectivity index (χ4v) is 1.88. The molecule has 18 heavy (non-hydrogen) atoms. The minimum Gasteiger partial charge on any atom is -0.339 e. The van der Waals surface area contributed by atoms with Crippen LogP contribution in [0.2, 0.25) is 0 Å². The molecule has 12 heteroatoms. The summed E-state index contributed by atoms with van der Waals surface area (Å²) in [6, 6.07) is 0. The average Bonchev–Trinajstić information content (AvgIpc) is 2.14. The number of carbonyl (C=O) groups is 1. The molecular weight excluding hydrogens is 292 g/mol. The topological polar surface area (TPSA) is 154 Å². The van der Waals surface area contributed by atoms with E-state index in [-0.39, 0.29) is 13.1 Å². The molecule has 0 atom stereocenters. The van der Waals surface area contributed by atoms with Crippen LogP contribution in [0.5, 0.6) is 0 Å². The van der Waals surface area contributed by atoms with E-state index in [1.807, 2.05) is 0 Å². The van der Waals surface area contributed by atoms with Gasteiger partial charge in [0.15, 0.2) is 0 Å². The van der Waals surface area contributed by atoms with Crippen LogP contribution in [0, 0.1) is 0 Å². The molecule has 0 unspecified atom stereocenters. The van der Waals surface area contributed by atoms with Crippen LogP contribution >= 0.6 is 15.6 Å². The lowest BCUT2D eigenvalue weighted by Gasteiger charge is -2.24. The number of likely N-dealkylation sites (N-methyl/N-ethyl adjacent to an activating group) is 1. The van der Waals surface area contributed by atoms with Gasteiger partial charge in [0.05, 0.1) is 0 Å². The van der Waals surface area contributed by atoms with Gasteiger partial charge < -0.3 is 24.5 Å². The van der Waals surface area contributed by atoms with E-state index in [1.54, 1.807) is 13.8 Å². The van der Waals surface area contributed by atoms with E-state index in [9.17, 15) is 13.9 Å². The third-order valence-electron chi connectivity index (χ3n) is 1.74. The minimum atomic E-state index is -5.14. The number of phosphoric acid groups is 2. The lowest BCUT2D eigenvalue weighted by Crippen LogP contribution is -2.40. The molecule has 0 heterocycles. The number of nitrogens with zero attached hydrogens (tertiary/aromatic N) is 1. The van der Waals surface area contributed by atoms with Crippen LogP contribution < -0.4 is 0 Å². The minimum absolute atomic E-state index is 0.154. The summed E-state index contributed by atoms with van der Waals surface area (Å²) in [6.45, 7) is 3.43. The Labute approximate surface area is 103 Å². The summed E-state index contributed by atoms with van der Waals surface area (Å²) >= 11 is 0. The summed E-state index contributed by atoms with van der Waals surface area (Å²) < 4.78 is 29.0. The predicted octanol–water partition coefficient (Wildman–Crippen LogP) is -0.601. The molecule has 1 amide bonds. The van der Waals surface area contributed by atoms with Gasteiger partial charge in [-0.2, -0.15) is 0 Å². The molecule has 0 aliphatic carbocycles. The molecule has 0 saturated carbocycles. The summed E-state index contributed by atoms with van der Waals surface area (Å²) in [5.74, 6) is -1.09. The van der Waals surface area contributed by atoms with Crippen LogP contribution in [0.1, 0.15) is 13.8 Å². The van der Waals surface area contributed by atoms with Crippen LogP contribution in [0.4, 0.5) is 0 Å². The third-order valence-corrected chi connectivity index (χ3v) is 2.68. The van der Waals surface area contributed by atoms with Crippen molar-refractivity contribution in [2.75, 3.05) is 13.1 Å². The maximum atomic E-state index is 11.7.